The van der Waals surface area contributed by atoms with Gasteiger partial charge >= 0.3 is 5.69 Å². The molecule has 0 aliphatic carbocycles. The lowest BCUT2D eigenvalue weighted by atomic mass is 9.81. The molecule has 2 aromatic carbocycles. The van der Waals surface area contributed by atoms with Crippen molar-refractivity contribution in [2.45, 2.75) is 12.8 Å². The van der Waals surface area contributed by atoms with Crippen LogP contribution >= 0.6 is 15.9 Å². The maximum atomic E-state index is 13.4. The van der Waals surface area contributed by atoms with E-state index in [2.05, 4.69) is 26.6 Å². The van der Waals surface area contributed by atoms with Crippen LogP contribution in [0.1, 0.15) is 24.0 Å². The monoisotopic (exact) mass is 480 g/mol. The van der Waals surface area contributed by atoms with Crippen molar-refractivity contribution in [1.82, 2.24) is 9.13 Å². The Hall–Kier alpha value is -3.39. The quantitative estimate of drug-likeness (QED) is 0.601. The number of hydrogen-bond donors (Lipinski definition) is 2. The van der Waals surface area contributed by atoms with Crippen LogP contribution in [0.5, 0.6) is 0 Å². The zero-order valence-electron chi connectivity index (χ0n) is 17.3. The van der Waals surface area contributed by atoms with E-state index in [1.807, 2.05) is 42.5 Å². The van der Waals surface area contributed by atoms with Crippen molar-refractivity contribution < 1.29 is 4.79 Å². The summed E-state index contributed by atoms with van der Waals surface area (Å²) >= 11 is 3.43. The van der Waals surface area contributed by atoms with Crippen LogP contribution < -0.4 is 21.9 Å². The number of amides is 1. The zero-order chi connectivity index (χ0) is 22.3. The highest BCUT2D eigenvalue weighted by Crippen LogP contribution is 2.40. The average Bonchev–Trinajstić information content (AvgIpc) is 2.76. The predicted molar refractivity (Wildman–Crippen MR) is 124 cm³/mol. The Kier molecular flexibility index (Phi) is 5.41. The molecule has 1 unspecified atom stereocenters. The van der Waals surface area contributed by atoms with Crippen LogP contribution in [-0.2, 0) is 18.9 Å². The topological polar surface area (TPSA) is 85.1 Å². The first-order chi connectivity index (χ1) is 14.8. The van der Waals surface area contributed by atoms with E-state index in [-0.39, 0.29) is 5.91 Å². The van der Waals surface area contributed by atoms with E-state index in [9.17, 15) is 14.4 Å². The van der Waals surface area contributed by atoms with E-state index in [0.29, 0.717) is 28.3 Å². The summed E-state index contributed by atoms with van der Waals surface area (Å²) in [7, 11) is 3.05. The summed E-state index contributed by atoms with van der Waals surface area (Å²) in [6, 6.07) is 16.6. The van der Waals surface area contributed by atoms with Crippen molar-refractivity contribution in [3.63, 3.8) is 0 Å². The Labute approximate surface area is 187 Å². The maximum Gasteiger partial charge on any atom is 0.332 e. The van der Waals surface area contributed by atoms with Gasteiger partial charge in [0.2, 0.25) is 0 Å². The molecule has 1 aromatic heterocycles. The second kappa shape index (κ2) is 8.03. The number of nitrogens with zero attached hydrogens (tertiary/aromatic N) is 2. The molecule has 0 radical (unpaired) electrons. The number of fused-ring (bicyclic) bond motifs is 1. The molecular weight excluding hydrogens is 460 g/mol. The third-order valence-corrected chi connectivity index (χ3v) is 5.99. The molecule has 2 heterocycles. The fourth-order valence-corrected chi connectivity index (χ4v) is 4.16. The Balaban J connectivity index is 1.95. The molecule has 0 saturated carbocycles. The lowest BCUT2D eigenvalue weighted by Crippen LogP contribution is -2.43. The van der Waals surface area contributed by atoms with Gasteiger partial charge in [-0.15, -0.1) is 0 Å². The van der Waals surface area contributed by atoms with E-state index in [1.165, 1.54) is 11.6 Å². The van der Waals surface area contributed by atoms with Crippen molar-refractivity contribution in [2.24, 2.45) is 14.1 Å². The largest absolute Gasteiger partial charge is 0.344 e. The molecule has 1 amide bonds. The molecule has 1 aliphatic rings. The molecule has 1 atom stereocenters. The van der Waals surface area contributed by atoms with Crippen molar-refractivity contribution in [3.05, 3.63) is 102 Å². The molecule has 0 spiro atoms. The highest BCUT2D eigenvalue weighted by atomic mass is 79.9. The van der Waals surface area contributed by atoms with Crippen LogP contribution in [0.4, 0.5) is 11.5 Å². The van der Waals surface area contributed by atoms with Crippen LogP contribution in [-0.4, -0.2) is 15.0 Å². The molecule has 0 saturated heterocycles. The number of hydrogen-bond acceptors (Lipinski definition) is 4. The van der Waals surface area contributed by atoms with Gasteiger partial charge in [0.15, 0.2) is 0 Å². The molecule has 0 fully saturated rings. The van der Waals surface area contributed by atoms with Crippen molar-refractivity contribution in [3.8, 4) is 0 Å². The average molecular weight is 481 g/mol. The van der Waals surface area contributed by atoms with Gasteiger partial charge in [0.25, 0.3) is 11.5 Å². The lowest BCUT2D eigenvalue weighted by molar-refractivity contribution is -0.113. The SMILES string of the molecule is CC1=C(C(=O)Nc2ccccc2)C(c2ccc(Br)cc2)c2c(n(C)c(=O)n(C)c2=O)N1. The minimum Gasteiger partial charge on any atom is -0.344 e. The number of aromatic nitrogens is 2. The van der Waals surface area contributed by atoms with Gasteiger partial charge in [-0.25, -0.2) is 4.79 Å². The smallest absolute Gasteiger partial charge is 0.332 e. The zero-order valence-corrected chi connectivity index (χ0v) is 18.9. The summed E-state index contributed by atoms with van der Waals surface area (Å²) < 4.78 is 3.35. The molecule has 1 aliphatic heterocycles. The minimum absolute atomic E-state index is 0.314. The summed E-state index contributed by atoms with van der Waals surface area (Å²) in [5.74, 6) is -0.556. The van der Waals surface area contributed by atoms with Crippen LogP contribution in [0.2, 0.25) is 0 Å². The fourth-order valence-electron chi connectivity index (χ4n) is 3.90. The molecular formula is C23H21BrN4O3. The number of benzene rings is 2. The number of carbonyl (C=O) groups excluding carboxylic acids is 1. The molecule has 2 N–H and O–H groups in total. The van der Waals surface area contributed by atoms with Crippen LogP contribution in [0.25, 0.3) is 0 Å². The van der Waals surface area contributed by atoms with Crippen LogP contribution in [0.15, 0.2) is 79.9 Å². The predicted octanol–water partition coefficient (Wildman–Crippen LogP) is 3.32. The molecule has 8 heteroatoms. The van der Waals surface area contributed by atoms with Crippen LogP contribution in [0, 0.1) is 0 Å². The summed E-state index contributed by atoms with van der Waals surface area (Å²) in [4.78, 5) is 39.1. The molecule has 31 heavy (non-hydrogen) atoms. The third kappa shape index (κ3) is 3.63. The summed E-state index contributed by atoms with van der Waals surface area (Å²) in [5, 5.41) is 6.04. The van der Waals surface area contributed by atoms with Crippen LogP contribution in [0.3, 0.4) is 0 Å². The highest BCUT2D eigenvalue weighted by Gasteiger charge is 2.36. The van der Waals surface area contributed by atoms with Gasteiger partial charge in [0.05, 0.1) is 11.5 Å². The number of rotatable bonds is 3. The normalized spacial score (nSPS) is 15.3. The van der Waals surface area contributed by atoms with Gasteiger partial charge in [-0.3, -0.25) is 18.7 Å². The standard InChI is InChI=1S/C23H21BrN4O3/c1-13-17(21(29)26-16-7-5-4-6-8-16)18(14-9-11-15(24)12-10-14)19-20(25-13)27(2)23(31)28(3)22(19)30/h4-12,18,25H,1-3H3,(H,26,29). The van der Waals surface area contributed by atoms with Crippen molar-refractivity contribution in [1.29, 1.82) is 0 Å². The minimum atomic E-state index is -0.640. The Morgan fingerprint density at radius 2 is 1.65 bits per heavy atom. The number of para-hydroxylation sites is 1. The van der Waals surface area contributed by atoms with Gasteiger partial charge in [-0.05, 0) is 36.8 Å². The van der Waals surface area contributed by atoms with E-state index in [4.69, 9.17) is 0 Å². The summed E-state index contributed by atoms with van der Waals surface area (Å²) in [6.45, 7) is 1.77. The van der Waals surface area contributed by atoms with E-state index >= 15 is 0 Å². The number of allylic oxidation sites excluding steroid dienone is 1. The van der Waals surface area contributed by atoms with E-state index < -0.39 is 17.2 Å². The molecule has 3 aromatic rings. The van der Waals surface area contributed by atoms with Gasteiger partial charge in [0, 0.05) is 35.5 Å². The number of carbonyl (C=O) groups is 1. The first-order valence-corrected chi connectivity index (χ1v) is 10.5. The maximum absolute atomic E-state index is 13.4. The molecule has 0 bridgehead atoms. The van der Waals surface area contributed by atoms with Gasteiger partial charge < -0.3 is 10.6 Å². The highest BCUT2D eigenvalue weighted by molar-refractivity contribution is 9.10. The van der Waals surface area contributed by atoms with Gasteiger partial charge in [-0.2, -0.15) is 0 Å². The lowest BCUT2D eigenvalue weighted by Gasteiger charge is -2.31. The molecule has 7 nitrogen and oxygen atoms in total. The summed E-state index contributed by atoms with van der Waals surface area (Å²) in [5.41, 5.74) is 1.93. The first kappa shape index (κ1) is 20.9. The second-order valence-corrected chi connectivity index (χ2v) is 8.35. The third-order valence-electron chi connectivity index (χ3n) is 5.47. The first-order valence-electron chi connectivity index (χ1n) is 9.69. The Bertz CT molecular complexity index is 1320. The van der Waals surface area contributed by atoms with Crippen molar-refractivity contribution >= 4 is 33.3 Å². The van der Waals surface area contributed by atoms with Gasteiger partial charge in [-0.1, -0.05) is 46.3 Å². The van der Waals surface area contributed by atoms with Crippen molar-refractivity contribution in [2.75, 3.05) is 10.6 Å². The Morgan fingerprint density at radius 3 is 2.29 bits per heavy atom. The Morgan fingerprint density at radius 1 is 1.00 bits per heavy atom. The number of halogens is 1. The van der Waals surface area contributed by atoms with Gasteiger partial charge in [0.1, 0.15) is 5.82 Å². The van der Waals surface area contributed by atoms with E-state index in [1.54, 1.807) is 26.1 Å². The van der Waals surface area contributed by atoms with E-state index in [0.717, 1.165) is 14.6 Å². The fraction of sp³-hybridized carbons (Fsp3) is 0.174. The number of anilines is 2. The molecule has 4 rings (SSSR count). The molecule has 158 valence electrons. The summed E-state index contributed by atoms with van der Waals surface area (Å²) in [6.07, 6.45) is 0. The second-order valence-electron chi connectivity index (χ2n) is 7.44. The number of nitrogens with one attached hydrogen (secondary N) is 2.